The van der Waals surface area contributed by atoms with Crippen molar-refractivity contribution < 1.29 is 18.0 Å². The molecule has 2 aromatic carbocycles. The van der Waals surface area contributed by atoms with Crippen LogP contribution in [-0.4, -0.2) is 21.0 Å². The lowest BCUT2D eigenvalue weighted by atomic mass is 9.98. The van der Waals surface area contributed by atoms with E-state index in [0.717, 1.165) is 29.3 Å². The molecule has 0 aliphatic heterocycles. The Kier molecular flexibility index (Phi) is 6.44. The molecule has 0 fully saturated rings. The van der Waals surface area contributed by atoms with Crippen LogP contribution < -0.4 is 16.4 Å². The Morgan fingerprint density at radius 1 is 0.971 bits per heavy atom. The summed E-state index contributed by atoms with van der Waals surface area (Å²) in [5.41, 5.74) is 6.63. The molecule has 0 saturated carbocycles. The highest BCUT2D eigenvalue weighted by atomic mass is 32.1. The van der Waals surface area contributed by atoms with Crippen molar-refractivity contribution >= 4 is 34.7 Å². The Balaban J connectivity index is 1.71. The molecular formula is C24H21F3N6OS. The van der Waals surface area contributed by atoms with Crippen LogP contribution in [0.1, 0.15) is 25.8 Å². The number of nitrogen functional groups attached to an aromatic ring is 1. The Hall–Kier alpha value is -3.99. The predicted octanol–water partition coefficient (Wildman–Crippen LogP) is 6.21. The molecule has 4 N–H and O–H groups in total. The van der Waals surface area contributed by atoms with E-state index in [9.17, 15) is 18.0 Å². The summed E-state index contributed by atoms with van der Waals surface area (Å²) in [5, 5.41) is 5.46. The lowest BCUT2D eigenvalue weighted by molar-refractivity contribution is 0.262. The first kappa shape index (κ1) is 24.1. The van der Waals surface area contributed by atoms with Crippen LogP contribution in [0.2, 0.25) is 0 Å². The van der Waals surface area contributed by atoms with Crippen molar-refractivity contribution in [3.63, 3.8) is 0 Å². The number of anilines is 3. The van der Waals surface area contributed by atoms with Crippen molar-refractivity contribution in [3.05, 3.63) is 71.1 Å². The van der Waals surface area contributed by atoms with E-state index in [-0.39, 0.29) is 22.7 Å². The number of thiazole rings is 1. The molecule has 0 saturated heterocycles. The van der Waals surface area contributed by atoms with Gasteiger partial charge in [0.1, 0.15) is 23.1 Å². The molecule has 7 nitrogen and oxygen atoms in total. The molecule has 35 heavy (non-hydrogen) atoms. The molecule has 2 amide bonds. The van der Waals surface area contributed by atoms with E-state index in [1.54, 1.807) is 12.1 Å². The predicted molar refractivity (Wildman–Crippen MR) is 131 cm³/mol. The number of carbonyl (C=O) groups excluding carboxylic acids is 1. The normalized spacial score (nSPS) is 11.4. The third-order valence-electron chi connectivity index (χ3n) is 4.78. The van der Waals surface area contributed by atoms with Gasteiger partial charge < -0.3 is 16.4 Å². The second-order valence-corrected chi connectivity index (χ2v) is 9.68. The number of aromatic nitrogens is 3. The molecule has 4 aromatic rings. The Labute approximate surface area is 203 Å². The standard InChI is InChI=1S/C24H21F3N6OS/c1-24(2,3)21-33-19(17-6-7-29-22(28)31-17)20(35-21)12-8-14(26)10-15(9-12)30-23(34)32-18-11-13(25)4-5-16(18)27/h4-11H,1-3H3,(H2,28,29,31)(H2,30,32,34). The maximum atomic E-state index is 14.6. The Bertz CT molecular complexity index is 1420. The zero-order valence-corrected chi connectivity index (χ0v) is 19.8. The Morgan fingerprint density at radius 3 is 2.46 bits per heavy atom. The van der Waals surface area contributed by atoms with Crippen LogP contribution in [0, 0.1) is 17.5 Å². The van der Waals surface area contributed by atoms with Gasteiger partial charge in [0, 0.05) is 23.4 Å². The molecule has 11 heteroatoms. The molecule has 0 radical (unpaired) electrons. The minimum atomic E-state index is -0.866. The minimum Gasteiger partial charge on any atom is -0.368 e. The molecule has 0 aliphatic rings. The first-order chi connectivity index (χ1) is 16.5. The molecule has 0 aliphatic carbocycles. The van der Waals surface area contributed by atoms with Gasteiger partial charge in [-0.3, -0.25) is 0 Å². The van der Waals surface area contributed by atoms with Gasteiger partial charge in [-0.25, -0.2) is 32.9 Å². The number of halogens is 3. The molecule has 0 atom stereocenters. The SMILES string of the molecule is CC(C)(C)c1nc(-c2ccnc(N)n2)c(-c2cc(F)cc(NC(=O)Nc3cc(F)ccc3F)c2)s1. The van der Waals surface area contributed by atoms with Gasteiger partial charge in [0.2, 0.25) is 5.95 Å². The van der Waals surface area contributed by atoms with Gasteiger partial charge >= 0.3 is 6.03 Å². The first-order valence-electron chi connectivity index (χ1n) is 10.4. The maximum absolute atomic E-state index is 14.6. The summed E-state index contributed by atoms with van der Waals surface area (Å²) in [5.74, 6) is -2.07. The van der Waals surface area contributed by atoms with Gasteiger partial charge in [0.05, 0.1) is 21.3 Å². The van der Waals surface area contributed by atoms with Crippen LogP contribution in [0.15, 0.2) is 48.7 Å². The average Bonchev–Trinajstić information content (AvgIpc) is 3.22. The number of urea groups is 1. The van der Waals surface area contributed by atoms with E-state index in [0.29, 0.717) is 21.8 Å². The molecule has 4 rings (SSSR count). The third kappa shape index (κ3) is 5.57. The van der Waals surface area contributed by atoms with Crippen molar-refractivity contribution in [3.8, 4) is 21.8 Å². The van der Waals surface area contributed by atoms with Crippen LogP contribution in [0.3, 0.4) is 0 Å². The van der Waals surface area contributed by atoms with E-state index in [1.807, 2.05) is 20.8 Å². The number of hydrogen-bond donors (Lipinski definition) is 3. The highest BCUT2D eigenvalue weighted by Gasteiger charge is 2.24. The number of carbonyl (C=O) groups is 1. The number of nitrogens with one attached hydrogen (secondary N) is 2. The number of nitrogens with zero attached hydrogens (tertiary/aromatic N) is 3. The van der Waals surface area contributed by atoms with Crippen molar-refractivity contribution in [2.75, 3.05) is 16.4 Å². The molecule has 0 bridgehead atoms. The lowest BCUT2D eigenvalue weighted by Crippen LogP contribution is -2.20. The number of hydrogen-bond acceptors (Lipinski definition) is 6. The average molecular weight is 499 g/mol. The van der Waals surface area contributed by atoms with Gasteiger partial charge in [-0.05, 0) is 42.0 Å². The Morgan fingerprint density at radius 2 is 1.74 bits per heavy atom. The van der Waals surface area contributed by atoms with Gasteiger partial charge in [0.15, 0.2) is 0 Å². The number of amides is 2. The van der Waals surface area contributed by atoms with Gasteiger partial charge in [-0.2, -0.15) is 0 Å². The molecule has 2 heterocycles. The van der Waals surface area contributed by atoms with Crippen molar-refractivity contribution in [2.45, 2.75) is 26.2 Å². The fraction of sp³-hybridized carbons (Fsp3) is 0.167. The van der Waals surface area contributed by atoms with Crippen LogP contribution in [0.5, 0.6) is 0 Å². The van der Waals surface area contributed by atoms with Crippen LogP contribution in [0.25, 0.3) is 21.8 Å². The lowest BCUT2D eigenvalue weighted by Gasteiger charge is -2.13. The van der Waals surface area contributed by atoms with Crippen molar-refractivity contribution in [2.24, 2.45) is 0 Å². The smallest absolute Gasteiger partial charge is 0.323 e. The highest BCUT2D eigenvalue weighted by Crippen LogP contribution is 2.41. The van der Waals surface area contributed by atoms with Gasteiger partial charge in [0.25, 0.3) is 0 Å². The first-order valence-corrected chi connectivity index (χ1v) is 11.3. The number of nitrogens with two attached hydrogens (primary N) is 1. The highest BCUT2D eigenvalue weighted by molar-refractivity contribution is 7.15. The fourth-order valence-electron chi connectivity index (χ4n) is 3.19. The molecular weight excluding hydrogens is 477 g/mol. The van der Waals surface area contributed by atoms with Crippen LogP contribution in [0.4, 0.5) is 35.3 Å². The molecule has 2 aromatic heterocycles. The summed E-state index contributed by atoms with van der Waals surface area (Å²) < 4.78 is 41.9. The van der Waals surface area contributed by atoms with E-state index in [2.05, 4.69) is 20.6 Å². The molecule has 0 spiro atoms. The summed E-state index contributed by atoms with van der Waals surface area (Å²) in [6, 6.07) is 7.43. The largest absolute Gasteiger partial charge is 0.368 e. The monoisotopic (exact) mass is 498 g/mol. The quantitative estimate of drug-likeness (QED) is 0.310. The number of rotatable bonds is 4. The third-order valence-corrected chi connectivity index (χ3v) is 6.31. The maximum Gasteiger partial charge on any atom is 0.323 e. The van der Waals surface area contributed by atoms with Crippen molar-refractivity contribution in [1.82, 2.24) is 15.0 Å². The number of benzene rings is 2. The molecule has 0 unspecified atom stereocenters. The van der Waals surface area contributed by atoms with Crippen LogP contribution in [-0.2, 0) is 5.41 Å². The van der Waals surface area contributed by atoms with E-state index < -0.39 is 23.5 Å². The summed E-state index contributed by atoms with van der Waals surface area (Å²) in [6.07, 6.45) is 1.51. The van der Waals surface area contributed by atoms with Gasteiger partial charge in [-0.1, -0.05) is 20.8 Å². The zero-order valence-electron chi connectivity index (χ0n) is 19.0. The summed E-state index contributed by atoms with van der Waals surface area (Å²) >= 11 is 1.36. The van der Waals surface area contributed by atoms with E-state index in [4.69, 9.17) is 10.7 Å². The van der Waals surface area contributed by atoms with Crippen LogP contribution >= 0.6 is 11.3 Å². The van der Waals surface area contributed by atoms with Gasteiger partial charge in [-0.15, -0.1) is 11.3 Å². The molecule has 180 valence electrons. The summed E-state index contributed by atoms with van der Waals surface area (Å²) in [6.45, 7) is 6.01. The van der Waals surface area contributed by atoms with Crippen molar-refractivity contribution in [1.29, 1.82) is 0 Å². The topological polar surface area (TPSA) is 106 Å². The summed E-state index contributed by atoms with van der Waals surface area (Å²) in [7, 11) is 0. The second kappa shape index (κ2) is 9.34. The zero-order chi connectivity index (χ0) is 25.3. The summed E-state index contributed by atoms with van der Waals surface area (Å²) in [4.78, 5) is 25.9. The van der Waals surface area contributed by atoms with E-state index >= 15 is 0 Å². The minimum absolute atomic E-state index is 0.0709. The fourth-order valence-corrected chi connectivity index (χ4v) is 4.31. The van der Waals surface area contributed by atoms with E-state index in [1.165, 1.54) is 23.6 Å². The second-order valence-electron chi connectivity index (χ2n) is 8.68.